The molecule has 158 valence electrons. The lowest BCUT2D eigenvalue weighted by Crippen LogP contribution is -2.45. The summed E-state index contributed by atoms with van der Waals surface area (Å²) in [6.07, 6.45) is 0. The highest BCUT2D eigenvalue weighted by Gasteiger charge is 2.52. The summed E-state index contributed by atoms with van der Waals surface area (Å²) in [5.74, 6) is -0.350. The smallest absolute Gasteiger partial charge is 0.399 e. The van der Waals surface area contributed by atoms with Crippen molar-refractivity contribution in [1.82, 2.24) is 0 Å². The van der Waals surface area contributed by atoms with Gasteiger partial charge < -0.3 is 13.5 Å². The summed E-state index contributed by atoms with van der Waals surface area (Å²) in [5.41, 5.74) is -6.15. The van der Waals surface area contributed by atoms with Crippen molar-refractivity contribution in [2.24, 2.45) is 0 Å². The molecule has 12 heteroatoms. The zero-order valence-corrected chi connectivity index (χ0v) is 20.1. The van der Waals surface area contributed by atoms with E-state index in [0.717, 1.165) is 0 Å². The number of benzene rings is 1. The Bertz CT molecular complexity index is 865. The van der Waals surface area contributed by atoms with E-state index in [9.17, 15) is 21.6 Å². The van der Waals surface area contributed by atoms with E-state index in [1.807, 2.05) is 47.3 Å². The molecule has 0 bridgehead atoms. The molecule has 1 aromatic carbocycles. The molecule has 2 rings (SSSR count). The summed E-state index contributed by atoms with van der Waals surface area (Å²) in [4.78, 5) is 0. The number of rotatable bonds is 4. The van der Waals surface area contributed by atoms with Crippen LogP contribution in [0, 0.1) is 0 Å². The molecule has 0 unspecified atom stereocenters. The molecule has 1 saturated heterocycles. The van der Waals surface area contributed by atoms with E-state index in [-0.39, 0.29) is 10.2 Å². The Hall–Kier alpha value is -0.558. The standard InChI is InChI=1S/C16H23BBrF3O5SSi/c1-14(2)15(3,4)26-17(25-14)10-8-11(18)13(12(9-10)28(5,6)7)24-27(22,23)16(19,20)21/h8-9H,1-7H3. The Labute approximate surface area is 173 Å². The van der Waals surface area contributed by atoms with Crippen molar-refractivity contribution in [3.8, 4) is 5.75 Å². The van der Waals surface area contributed by atoms with E-state index in [1.54, 1.807) is 6.07 Å². The fourth-order valence-corrected chi connectivity index (χ4v) is 5.41. The predicted octanol–water partition coefficient (Wildman–Crippen LogP) is 3.52. The van der Waals surface area contributed by atoms with Crippen molar-refractivity contribution >= 4 is 51.9 Å². The van der Waals surface area contributed by atoms with Gasteiger partial charge in [-0.15, -0.1) is 0 Å². The summed E-state index contributed by atoms with van der Waals surface area (Å²) in [6, 6.07) is 3.08. The normalized spacial score (nSPS) is 19.8. The lowest BCUT2D eigenvalue weighted by Gasteiger charge is -2.32. The summed E-state index contributed by atoms with van der Waals surface area (Å²) >= 11 is 3.17. The molecule has 1 aliphatic rings. The highest BCUT2D eigenvalue weighted by atomic mass is 79.9. The van der Waals surface area contributed by atoms with Crippen LogP contribution in [0.3, 0.4) is 0 Å². The first kappa shape index (κ1) is 23.7. The zero-order chi connectivity index (χ0) is 21.9. The second-order valence-corrected chi connectivity index (χ2v) is 16.1. The van der Waals surface area contributed by atoms with Crippen molar-refractivity contribution in [2.45, 2.75) is 64.0 Å². The van der Waals surface area contributed by atoms with Gasteiger partial charge in [0.1, 0.15) is 0 Å². The molecule has 1 aliphatic heterocycles. The quantitative estimate of drug-likeness (QED) is 0.358. The third-order valence-corrected chi connectivity index (χ3v) is 8.41. The van der Waals surface area contributed by atoms with Gasteiger partial charge in [-0.2, -0.15) is 21.6 Å². The summed E-state index contributed by atoms with van der Waals surface area (Å²) in [6.45, 7) is 13.1. The highest BCUT2D eigenvalue weighted by Crippen LogP contribution is 2.37. The van der Waals surface area contributed by atoms with E-state index in [4.69, 9.17) is 9.31 Å². The fourth-order valence-electron chi connectivity index (χ4n) is 2.53. The van der Waals surface area contributed by atoms with Crippen molar-refractivity contribution in [1.29, 1.82) is 0 Å². The Morgan fingerprint density at radius 2 is 1.54 bits per heavy atom. The van der Waals surface area contributed by atoms with Crippen LogP contribution in [0.4, 0.5) is 13.2 Å². The van der Waals surface area contributed by atoms with Crippen LogP contribution < -0.4 is 14.8 Å². The highest BCUT2D eigenvalue weighted by molar-refractivity contribution is 9.10. The minimum absolute atomic E-state index is 0.0879. The summed E-state index contributed by atoms with van der Waals surface area (Å²) in [7, 11) is -8.86. The lowest BCUT2D eigenvalue weighted by atomic mass is 9.79. The SMILES string of the molecule is CC1(C)OB(c2cc(Br)c(OS(=O)(=O)C(F)(F)F)c([Si](C)(C)C)c2)OC1(C)C. The van der Waals surface area contributed by atoms with Gasteiger partial charge in [-0.3, -0.25) is 0 Å². The van der Waals surface area contributed by atoms with Crippen LogP contribution in [-0.2, 0) is 19.4 Å². The summed E-state index contributed by atoms with van der Waals surface area (Å²) in [5, 5.41) is 0.402. The molecule has 0 amide bonds. The number of hydrogen-bond acceptors (Lipinski definition) is 5. The number of alkyl halides is 3. The molecule has 0 aromatic heterocycles. The van der Waals surface area contributed by atoms with Crippen LogP contribution in [0.25, 0.3) is 0 Å². The Morgan fingerprint density at radius 3 is 1.93 bits per heavy atom. The van der Waals surface area contributed by atoms with Gasteiger partial charge in [-0.25, -0.2) is 0 Å². The monoisotopic (exact) mass is 502 g/mol. The molecular formula is C16H23BBrF3O5SSi. The lowest BCUT2D eigenvalue weighted by molar-refractivity contribution is -0.0500. The average Bonchev–Trinajstić information content (AvgIpc) is 2.66. The topological polar surface area (TPSA) is 61.8 Å². The van der Waals surface area contributed by atoms with Crippen LogP contribution in [0.2, 0.25) is 19.6 Å². The van der Waals surface area contributed by atoms with E-state index >= 15 is 0 Å². The predicted molar refractivity (Wildman–Crippen MR) is 108 cm³/mol. The van der Waals surface area contributed by atoms with E-state index < -0.39 is 42.0 Å². The van der Waals surface area contributed by atoms with Crippen LogP contribution in [0.1, 0.15) is 27.7 Å². The van der Waals surface area contributed by atoms with Gasteiger partial charge in [0.05, 0.1) is 23.7 Å². The van der Waals surface area contributed by atoms with Crippen molar-refractivity contribution < 1.29 is 35.1 Å². The molecular weight excluding hydrogens is 480 g/mol. The molecule has 1 aromatic rings. The maximum absolute atomic E-state index is 12.8. The molecule has 1 heterocycles. The number of halogens is 4. The molecule has 0 N–H and O–H groups in total. The maximum atomic E-state index is 12.8. The fraction of sp³-hybridized carbons (Fsp3) is 0.625. The average molecular weight is 503 g/mol. The van der Waals surface area contributed by atoms with Gasteiger partial charge in [0.2, 0.25) is 0 Å². The first-order chi connectivity index (χ1) is 12.3. The summed E-state index contributed by atoms with van der Waals surface area (Å²) < 4.78 is 78.2. The van der Waals surface area contributed by atoms with Crippen LogP contribution in [-0.4, -0.2) is 40.3 Å². The second kappa shape index (κ2) is 7.00. The van der Waals surface area contributed by atoms with E-state index in [0.29, 0.717) is 10.6 Å². The third-order valence-electron chi connectivity index (χ3n) is 4.88. The first-order valence-electron chi connectivity index (χ1n) is 8.49. The molecule has 28 heavy (non-hydrogen) atoms. The van der Waals surface area contributed by atoms with E-state index in [2.05, 4.69) is 20.1 Å². The molecule has 5 nitrogen and oxygen atoms in total. The molecule has 0 aliphatic carbocycles. The van der Waals surface area contributed by atoms with Gasteiger partial charge in [0.15, 0.2) is 5.75 Å². The van der Waals surface area contributed by atoms with Gasteiger partial charge in [-0.1, -0.05) is 25.7 Å². The molecule has 1 fully saturated rings. The minimum atomic E-state index is -5.80. The Kier molecular flexibility index (Phi) is 5.93. The first-order valence-corrected chi connectivity index (χ1v) is 14.2. The Morgan fingerprint density at radius 1 is 1.07 bits per heavy atom. The molecule has 0 radical (unpaired) electrons. The molecule has 0 atom stereocenters. The van der Waals surface area contributed by atoms with Crippen molar-refractivity contribution in [3.63, 3.8) is 0 Å². The third kappa shape index (κ3) is 4.45. The van der Waals surface area contributed by atoms with Crippen molar-refractivity contribution in [2.75, 3.05) is 0 Å². The van der Waals surface area contributed by atoms with Gasteiger partial charge in [0, 0.05) is 0 Å². The van der Waals surface area contributed by atoms with Crippen molar-refractivity contribution in [3.05, 3.63) is 16.6 Å². The number of hydrogen-bond donors (Lipinski definition) is 0. The van der Waals surface area contributed by atoms with Crippen LogP contribution in [0.15, 0.2) is 16.6 Å². The van der Waals surface area contributed by atoms with Crippen LogP contribution in [0.5, 0.6) is 5.75 Å². The Balaban J connectivity index is 2.57. The van der Waals surface area contributed by atoms with Gasteiger partial charge in [0.25, 0.3) is 0 Å². The van der Waals surface area contributed by atoms with Gasteiger partial charge in [-0.05, 0) is 60.3 Å². The molecule has 0 spiro atoms. The molecule has 0 saturated carbocycles. The largest absolute Gasteiger partial charge is 0.534 e. The zero-order valence-electron chi connectivity index (χ0n) is 16.7. The minimum Gasteiger partial charge on any atom is -0.399 e. The maximum Gasteiger partial charge on any atom is 0.534 e. The second-order valence-electron chi connectivity index (χ2n) is 8.70. The van der Waals surface area contributed by atoms with Gasteiger partial charge >= 0.3 is 22.7 Å². The van der Waals surface area contributed by atoms with Crippen LogP contribution >= 0.6 is 15.9 Å². The van der Waals surface area contributed by atoms with E-state index in [1.165, 1.54) is 6.07 Å².